The topological polar surface area (TPSA) is 138 Å². The minimum Gasteiger partial charge on any atom is -0.494 e. The van der Waals surface area contributed by atoms with E-state index >= 15 is 0 Å². The lowest BCUT2D eigenvalue weighted by Crippen LogP contribution is -2.52. The fourth-order valence-electron chi connectivity index (χ4n) is 6.06. The molecule has 0 radical (unpaired) electrons. The van der Waals surface area contributed by atoms with Crippen LogP contribution < -0.4 is 4.74 Å². The number of carboxylic acid groups (broad SMARTS) is 1. The summed E-state index contributed by atoms with van der Waals surface area (Å²) < 4.78 is 22.5. The maximum Gasteiger partial charge on any atom is 0.320 e. The number of carboxylic acids is 1. The molecule has 1 aliphatic heterocycles. The van der Waals surface area contributed by atoms with Crippen LogP contribution in [0.1, 0.15) is 94.1 Å². The molecule has 0 aromatic heterocycles. The van der Waals surface area contributed by atoms with Crippen molar-refractivity contribution in [3.05, 3.63) is 29.8 Å². The second-order valence-electron chi connectivity index (χ2n) is 16.8. The molecule has 0 spiro atoms. The van der Waals surface area contributed by atoms with E-state index in [1.807, 2.05) is 113 Å². The molecule has 13 nitrogen and oxygen atoms in total. The zero-order chi connectivity index (χ0) is 39.8. The SMILES string of the molecule is CCOc1ccc(CCCCC(C(=O)O)N2CCN(CC(=O)OC(C)(C)C)CCN(CC(=O)OC(C)(C)C)CCN(CC(=O)OC(C)(C)C)CC2)cc1. The molecule has 13 heteroatoms. The van der Waals surface area contributed by atoms with Crippen molar-refractivity contribution in [3.63, 3.8) is 0 Å². The van der Waals surface area contributed by atoms with Gasteiger partial charge < -0.3 is 24.1 Å². The number of unbranched alkanes of at least 4 members (excludes halogenated alkanes) is 1. The average Bonchev–Trinajstić information content (AvgIpc) is 2.99. The highest BCUT2D eigenvalue weighted by molar-refractivity contribution is 5.74. The molecule has 0 bridgehead atoms. The second kappa shape index (κ2) is 21.6. The molecule has 0 saturated carbocycles. The Kier molecular flexibility index (Phi) is 18.7. The van der Waals surface area contributed by atoms with E-state index in [0.717, 1.165) is 18.6 Å². The summed E-state index contributed by atoms with van der Waals surface area (Å²) in [6, 6.07) is 7.25. The van der Waals surface area contributed by atoms with Crippen LogP contribution in [0.4, 0.5) is 0 Å². The summed E-state index contributed by atoms with van der Waals surface area (Å²) in [5.41, 5.74) is -0.789. The van der Waals surface area contributed by atoms with Gasteiger partial charge in [-0.3, -0.25) is 38.8 Å². The highest BCUT2D eigenvalue weighted by Gasteiger charge is 2.29. The number of nitrogens with zero attached hydrogens (tertiary/aromatic N) is 4. The van der Waals surface area contributed by atoms with Crippen LogP contribution >= 0.6 is 0 Å². The predicted molar refractivity (Wildman–Crippen MR) is 205 cm³/mol. The molecule has 1 heterocycles. The quantitative estimate of drug-likeness (QED) is 0.153. The lowest BCUT2D eigenvalue weighted by Gasteiger charge is -2.36. The summed E-state index contributed by atoms with van der Waals surface area (Å²) >= 11 is 0. The maximum absolute atomic E-state index is 13.0. The molecular weight excluding hydrogens is 680 g/mol. The van der Waals surface area contributed by atoms with E-state index in [2.05, 4.69) is 0 Å². The van der Waals surface area contributed by atoms with E-state index in [4.69, 9.17) is 18.9 Å². The van der Waals surface area contributed by atoms with Crippen LogP contribution in [0.15, 0.2) is 24.3 Å². The lowest BCUT2D eigenvalue weighted by molar-refractivity contribution is -0.158. The van der Waals surface area contributed by atoms with Crippen LogP contribution in [0.2, 0.25) is 0 Å². The van der Waals surface area contributed by atoms with Gasteiger partial charge in [0.2, 0.25) is 0 Å². The third kappa shape index (κ3) is 20.7. The summed E-state index contributed by atoms with van der Waals surface area (Å²) in [5, 5.41) is 10.5. The summed E-state index contributed by atoms with van der Waals surface area (Å²) in [7, 11) is 0. The van der Waals surface area contributed by atoms with E-state index in [0.29, 0.717) is 71.8 Å². The Hall–Kier alpha value is -3.26. The van der Waals surface area contributed by atoms with Crippen molar-refractivity contribution < 1.29 is 43.2 Å². The van der Waals surface area contributed by atoms with Crippen molar-refractivity contribution in [2.75, 3.05) is 78.6 Å². The largest absolute Gasteiger partial charge is 0.494 e. The monoisotopic (exact) mass is 748 g/mol. The number of aliphatic carboxylic acids is 1. The Morgan fingerprint density at radius 3 is 1.34 bits per heavy atom. The summed E-state index contributed by atoms with van der Waals surface area (Å²) in [6.07, 6.45) is 2.82. The molecular formula is C40H68N4O9. The Balaban J connectivity index is 2.31. The maximum atomic E-state index is 13.0. The number of hydrogen-bond acceptors (Lipinski definition) is 12. The number of carbonyl (C=O) groups is 4. The van der Waals surface area contributed by atoms with Crippen LogP contribution in [0.5, 0.6) is 5.75 Å². The molecule has 1 saturated heterocycles. The predicted octanol–water partition coefficient (Wildman–Crippen LogP) is 4.50. The number of esters is 3. The van der Waals surface area contributed by atoms with Crippen LogP contribution in [0.3, 0.4) is 0 Å². The van der Waals surface area contributed by atoms with Gasteiger partial charge in [0.25, 0.3) is 0 Å². The van der Waals surface area contributed by atoms with Gasteiger partial charge >= 0.3 is 23.9 Å². The summed E-state index contributed by atoms with van der Waals surface area (Å²) in [4.78, 5) is 59.7. The zero-order valence-electron chi connectivity index (χ0n) is 34.2. The number of rotatable bonds is 15. The fourth-order valence-corrected chi connectivity index (χ4v) is 6.06. The van der Waals surface area contributed by atoms with Crippen molar-refractivity contribution >= 4 is 23.9 Å². The normalized spacial score (nSPS) is 17.2. The molecule has 0 aliphatic carbocycles. The highest BCUT2D eigenvalue weighted by Crippen LogP contribution is 2.17. The van der Waals surface area contributed by atoms with Crippen molar-refractivity contribution in [2.24, 2.45) is 0 Å². The number of hydrogen-bond donors (Lipinski definition) is 1. The van der Waals surface area contributed by atoms with Gasteiger partial charge in [-0.25, -0.2) is 0 Å². The first-order valence-corrected chi connectivity index (χ1v) is 19.1. The van der Waals surface area contributed by atoms with E-state index in [9.17, 15) is 24.3 Å². The Bertz CT molecular complexity index is 1240. The summed E-state index contributed by atoms with van der Waals surface area (Å²) in [6.45, 7) is 22.4. The van der Waals surface area contributed by atoms with Crippen LogP contribution in [0.25, 0.3) is 0 Å². The molecule has 0 amide bonds. The molecule has 302 valence electrons. The molecule has 2 rings (SSSR count). The van der Waals surface area contributed by atoms with Crippen molar-refractivity contribution in [1.82, 2.24) is 19.6 Å². The fraction of sp³-hybridized carbons (Fsp3) is 0.750. The van der Waals surface area contributed by atoms with Gasteiger partial charge in [-0.1, -0.05) is 18.6 Å². The minimum atomic E-state index is -0.904. The van der Waals surface area contributed by atoms with Gasteiger partial charge in [0.05, 0.1) is 26.2 Å². The minimum absolute atomic E-state index is 0.0238. The van der Waals surface area contributed by atoms with E-state index in [1.54, 1.807) is 0 Å². The Labute approximate surface area is 318 Å². The van der Waals surface area contributed by atoms with Gasteiger partial charge in [-0.15, -0.1) is 0 Å². The Morgan fingerprint density at radius 2 is 1.00 bits per heavy atom. The number of ether oxygens (including phenoxy) is 4. The van der Waals surface area contributed by atoms with Crippen LogP contribution in [-0.2, 0) is 39.8 Å². The molecule has 1 unspecified atom stereocenters. The van der Waals surface area contributed by atoms with Crippen molar-refractivity contribution in [3.8, 4) is 5.75 Å². The molecule has 1 aromatic rings. The number of carbonyl (C=O) groups excluding carboxylic acids is 3. The average molecular weight is 749 g/mol. The number of benzene rings is 1. The van der Waals surface area contributed by atoms with Crippen LogP contribution in [-0.4, -0.2) is 150 Å². The van der Waals surface area contributed by atoms with Crippen LogP contribution in [0, 0.1) is 0 Å². The molecule has 1 aromatic carbocycles. The molecule has 1 atom stereocenters. The van der Waals surface area contributed by atoms with Gasteiger partial charge in [-0.2, -0.15) is 0 Å². The zero-order valence-corrected chi connectivity index (χ0v) is 34.2. The van der Waals surface area contributed by atoms with Crippen molar-refractivity contribution in [1.29, 1.82) is 0 Å². The van der Waals surface area contributed by atoms with Gasteiger partial charge in [-0.05, 0) is 106 Å². The first kappa shape index (κ1) is 45.9. The van der Waals surface area contributed by atoms with Gasteiger partial charge in [0, 0.05) is 52.4 Å². The molecule has 1 aliphatic rings. The molecule has 1 N–H and O–H groups in total. The standard InChI is InChI=1S/C40H68N4O9/c1-11-50-32-18-16-31(17-19-32)14-12-13-15-33(37(48)49)44-26-24-42(29-35(46)52-39(5,6)7)22-20-41(28-34(45)51-38(2,3)4)21-23-43(25-27-44)30-36(47)53-40(8,9)10/h16-19,33H,11-15,20-30H2,1-10H3,(H,48,49). The smallest absolute Gasteiger partial charge is 0.320 e. The first-order chi connectivity index (χ1) is 24.6. The van der Waals surface area contributed by atoms with E-state index in [1.165, 1.54) is 5.56 Å². The Morgan fingerprint density at radius 1 is 0.623 bits per heavy atom. The second-order valence-corrected chi connectivity index (χ2v) is 16.8. The lowest BCUT2D eigenvalue weighted by atomic mass is 10.0. The third-order valence-corrected chi connectivity index (χ3v) is 8.34. The van der Waals surface area contributed by atoms with Gasteiger partial charge in [0.1, 0.15) is 28.6 Å². The van der Waals surface area contributed by atoms with E-state index in [-0.39, 0.29) is 37.5 Å². The van der Waals surface area contributed by atoms with Gasteiger partial charge in [0.15, 0.2) is 0 Å². The molecule has 1 fully saturated rings. The summed E-state index contributed by atoms with van der Waals surface area (Å²) in [5.74, 6) is -1.18. The van der Waals surface area contributed by atoms with E-state index < -0.39 is 28.8 Å². The molecule has 53 heavy (non-hydrogen) atoms. The third-order valence-electron chi connectivity index (χ3n) is 8.34. The highest BCUT2D eigenvalue weighted by atomic mass is 16.6. The number of aryl methyl sites for hydroxylation is 1. The van der Waals surface area contributed by atoms with Crippen molar-refractivity contribution in [2.45, 2.75) is 118 Å². The first-order valence-electron chi connectivity index (χ1n) is 19.1.